The normalized spacial score (nSPS) is 28.4. The first-order valence-corrected chi connectivity index (χ1v) is 12.6. The topological polar surface area (TPSA) is 83.6 Å². The maximum absolute atomic E-state index is 13.1. The summed E-state index contributed by atoms with van der Waals surface area (Å²) in [6.07, 6.45) is 6.50. The van der Waals surface area contributed by atoms with Gasteiger partial charge in [0.05, 0.1) is 23.5 Å². The summed E-state index contributed by atoms with van der Waals surface area (Å²) in [7, 11) is -3.06. The zero-order valence-corrected chi connectivity index (χ0v) is 17.6. The van der Waals surface area contributed by atoms with Gasteiger partial charge in [-0.3, -0.25) is 9.59 Å². The molecule has 1 N–H and O–H groups in total. The molecule has 3 unspecified atom stereocenters. The molecule has 7 heteroatoms. The third-order valence-electron chi connectivity index (χ3n) is 6.76. The SMILES string of the molecule is O=C(NC(c1ccccc1)C1CCCCC1)C1CC(=O)N(C2CCS(=O)(=O)C2)C1. The molecular weight excluding hydrogens is 388 g/mol. The van der Waals surface area contributed by atoms with Crippen molar-refractivity contribution in [2.24, 2.45) is 11.8 Å². The second-order valence-corrected chi connectivity index (χ2v) is 11.0. The third-order valence-corrected chi connectivity index (χ3v) is 8.51. The number of carbonyl (C=O) groups is 2. The van der Waals surface area contributed by atoms with Crippen LogP contribution in [0.3, 0.4) is 0 Å². The van der Waals surface area contributed by atoms with Crippen molar-refractivity contribution in [3.05, 3.63) is 35.9 Å². The van der Waals surface area contributed by atoms with Gasteiger partial charge >= 0.3 is 0 Å². The van der Waals surface area contributed by atoms with Gasteiger partial charge in [-0.15, -0.1) is 0 Å². The molecule has 29 heavy (non-hydrogen) atoms. The van der Waals surface area contributed by atoms with E-state index in [0.29, 0.717) is 18.9 Å². The van der Waals surface area contributed by atoms with Crippen molar-refractivity contribution in [2.45, 2.75) is 57.0 Å². The Labute approximate surface area is 173 Å². The van der Waals surface area contributed by atoms with Gasteiger partial charge in [-0.1, -0.05) is 49.6 Å². The Morgan fingerprint density at radius 2 is 1.79 bits per heavy atom. The van der Waals surface area contributed by atoms with Crippen LogP contribution in [0.4, 0.5) is 0 Å². The molecular formula is C22H30N2O4S. The first kappa shape index (κ1) is 20.4. The summed E-state index contributed by atoms with van der Waals surface area (Å²) in [4.78, 5) is 27.2. The van der Waals surface area contributed by atoms with Gasteiger partial charge in [0.2, 0.25) is 11.8 Å². The Morgan fingerprint density at radius 3 is 2.45 bits per heavy atom. The molecule has 3 atom stereocenters. The van der Waals surface area contributed by atoms with Crippen molar-refractivity contribution in [1.29, 1.82) is 0 Å². The van der Waals surface area contributed by atoms with Crippen LogP contribution < -0.4 is 5.32 Å². The van der Waals surface area contributed by atoms with Crippen molar-refractivity contribution in [3.8, 4) is 0 Å². The summed E-state index contributed by atoms with van der Waals surface area (Å²) in [6, 6.07) is 9.81. The molecule has 1 aromatic rings. The fourth-order valence-electron chi connectivity index (χ4n) is 5.15. The highest BCUT2D eigenvalue weighted by atomic mass is 32.2. The lowest BCUT2D eigenvalue weighted by Crippen LogP contribution is -2.41. The number of sulfone groups is 1. The average Bonchev–Trinajstić information content (AvgIpc) is 3.29. The van der Waals surface area contributed by atoms with Crippen molar-refractivity contribution in [1.82, 2.24) is 10.2 Å². The molecule has 3 aliphatic rings. The highest BCUT2D eigenvalue weighted by molar-refractivity contribution is 7.91. The number of benzene rings is 1. The van der Waals surface area contributed by atoms with E-state index in [4.69, 9.17) is 0 Å². The fraction of sp³-hybridized carbons (Fsp3) is 0.636. The molecule has 4 rings (SSSR count). The average molecular weight is 419 g/mol. The molecule has 6 nitrogen and oxygen atoms in total. The van der Waals surface area contributed by atoms with Crippen LogP contribution in [-0.4, -0.2) is 49.2 Å². The number of nitrogens with one attached hydrogen (secondary N) is 1. The smallest absolute Gasteiger partial charge is 0.225 e. The zero-order chi connectivity index (χ0) is 20.4. The van der Waals surface area contributed by atoms with Gasteiger partial charge in [0.25, 0.3) is 0 Å². The predicted octanol–water partition coefficient (Wildman–Crippen LogP) is 2.46. The maximum atomic E-state index is 13.1. The second kappa shape index (κ2) is 8.46. The minimum Gasteiger partial charge on any atom is -0.349 e. The van der Waals surface area contributed by atoms with Crippen LogP contribution in [0, 0.1) is 11.8 Å². The first-order chi connectivity index (χ1) is 13.9. The molecule has 1 aromatic carbocycles. The Bertz CT molecular complexity index is 849. The largest absolute Gasteiger partial charge is 0.349 e. The van der Waals surface area contributed by atoms with Gasteiger partial charge in [-0.25, -0.2) is 8.42 Å². The molecule has 1 aliphatic carbocycles. The predicted molar refractivity (Wildman–Crippen MR) is 111 cm³/mol. The zero-order valence-electron chi connectivity index (χ0n) is 16.8. The quantitative estimate of drug-likeness (QED) is 0.796. The lowest BCUT2D eigenvalue weighted by Gasteiger charge is -2.32. The molecule has 0 radical (unpaired) electrons. The molecule has 0 aromatic heterocycles. The number of nitrogens with zero attached hydrogens (tertiary/aromatic N) is 1. The van der Waals surface area contributed by atoms with Crippen molar-refractivity contribution in [2.75, 3.05) is 18.1 Å². The summed E-state index contributed by atoms with van der Waals surface area (Å²) in [6.45, 7) is 0.330. The minimum atomic E-state index is -3.06. The molecule has 2 saturated heterocycles. The number of hydrogen-bond acceptors (Lipinski definition) is 4. The number of amides is 2. The number of hydrogen-bond donors (Lipinski definition) is 1. The van der Waals surface area contributed by atoms with Gasteiger partial charge in [0.1, 0.15) is 0 Å². The molecule has 2 amide bonds. The summed E-state index contributed by atoms with van der Waals surface area (Å²) in [5, 5.41) is 3.26. The summed E-state index contributed by atoms with van der Waals surface area (Å²) in [5.41, 5.74) is 1.12. The van der Waals surface area contributed by atoms with E-state index < -0.39 is 15.8 Å². The standard InChI is InChI=1S/C22H30N2O4S/c25-20-13-18(14-24(20)19-11-12-29(27,28)15-19)22(26)23-21(16-7-3-1-4-8-16)17-9-5-2-6-10-17/h1,3-4,7-8,17-19,21H,2,5-6,9-15H2,(H,23,26). The number of rotatable bonds is 5. The van der Waals surface area contributed by atoms with E-state index in [2.05, 4.69) is 17.4 Å². The summed E-state index contributed by atoms with van der Waals surface area (Å²) in [5.74, 6) is 0.00362. The number of likely N-dealkylation sites (tertiary alicyclic amines) is 1. The van der Waals surface area contributed by atoms with Crippen LogP contribution in [0.5, 0.6) is 0 Å². The molecule has 0 bridgehead atoms. The highest BCUT2D eigenvalue weighted by Gasteiger charge is 2.42. The van der Waals surface area contributed by atoms with E-state index in [9.17, 15) is 18.0 Å². The van der Waals surface area contributed by atoms with E-state index in [0.717, 1.165) is 18.4 Å². The van der Waals surface area contributed by atoms with Crippen LogP contribution >= 0.6 is 0 Å². The lowest BCUT2D eigenvalue weighted by molar-refractivity contribution is -0.130. The van der Waals surface area contributed by atoms with Crippen LogP contribution in [0.25, 0.3) is 0 Å². The van der Waals surface area contributed by atoms with Crippen molar-refractivity contribution >= 4 is 21.7 Å². The van der Waals surface area contributed by atoms with Gasteiger partial charge in [0, 0.05) is 19.0 Å². The van der Waals surface area contributed by atoms with E-state index in [-0.39, 0.29) is 41.8 Å². The second-order valence-electron chi connectivity index (χ2n) is 8.80. The van der Waals surface area contributed by atoms with Gasteiger partial charge in [-0.05, 0) is 30.7 Å². The van der Waals surface area contributed by atoms with Gasteiger partial charge in [-0.2, -0.15) is 0 Å². The minimum absolute atomic E-state index is 0.0278. The molecule has 3 fully saturated rings. The van der Waals surface area contributed by atoms with Crippen molar-refractivity contribution < 1.29 is 18.0 Å². The maximum Gasteiger partial charge on any atom is 0.225 e. The Balaban J connectivity index is 1.44. The number of carbonyl (C=O) groups excluding carboxylic acids is 2. The van der Waals surface area contributed by atoms with Gasteiger partial charge in [0.15, 0.2) is 9.84 Å². The van der Waals surface area contributed by atoms with E-state index in [1.54, 1.807) is 4.90 Å². The van der Waals surface area contributed by atoms with Crippen molar-refractivity contribution in [3.63, 3.8) is 0 Å². The Morgan fingerprint density at radius 1 is 1.07 bits per heavy atom. The first-order valence-electron chi connectivity index (χ1n) is 10.8. The Hall–Kier alpha value is -1.89. The van der Waals surface area contributed by atoms with E-state index >= 15 is 0 Å². The molecule has 2 heterocycles. The third kappa shape index (κ3) is 4.65. The van der Waals surface area contributed by atoms with E-state index in [1.807, 2.05) is 18.2 Å². The summed E-state index contributed by atoms with van der Waals surface area (Å²) >= 11 is 0. The van der Waals surface area contributed by atoms with Crippen LogP contribution in [0.15, 0.2) is 30.3 Å². The highest BCUT2D eigenvalue weighted by Crippen LogP contribution is 2.35. The van der Waals surface area contributed by atoms with Crippen LogP contribution in [-0.2, 0) is 19.4 Å². The van der Waals surface area contributed by atoms with Gasteiger partial charge < -0.3 is 10.2 Å². The monoisotopic (exact) mass is 418 g/mol. The summed E-state index contributed by atoms with van der Waals surface area (Å²) < 4.78 is 23.6. The molecule has 0 spiro atoms. The Kier molecular flexibility index (Phi) is 5.95. The van der Waals surface area contributed by atoms with Crippen LogP contribution in [0.1, 0.15) is 56.6 Å². The lowest BCUT2D eigenvalue weighted by atomic mass is 9.81. The molecule has 2 aliphatic heterocycles. The molecule has 1 saturated carbocycles. The van der Waals surface area contributed by atoms with Crippen LogP contribution in [0.2, 0.25) is 0 Å². The molecule has 158 valence electrons. The van der Waals surface area contributed by atoms with E-state index in [1.165, 1.54) is 19.3 Å². The fourth-order valence-corrected chi connectivity index (χ4v) is 6.88.